The van der Waals surface area contributed by atoms with E-state index in [4.69, 9.17) is 9.84 Å². The Morgan fingerprint density at radius 2 is 1.76 bits per heavy atom. The van der Waals surface area contributed by atoms with E-state index >= 15 is 0 Å². The molecule has 1 aromatic carbocycles. The molecule has 0 bridgehead atoms. The van der Waals surface area contributed by atoms with E-state index in [1.807, 2.05) is 0 Å². The van der Waals surface area contributed by atoms with Gasteiger partial charge in [-0.05, 0) is 17.7 Å². The predicted octanol–water partition coefficient (Wildman–Crippen LogP) is 2.27. The maximum Gasteiger partial charge on any atom is 0.326 e. The molecule has 21 heavy (non-hydrogen) atoms. The number of carbonyl (C=O) groups excluding carboxylic acids is 2. The van der Waals surface area contributed by atoms with Crippen LogP contribution in [-0.2, 0) is 20.8 Å². The average molecular weight is 423 g/mol. The van der Waals surface area contributed by atoms with Crippen molar-refractivity contribution in [1.29, 1.82) is 0 Å². The number of hydrogen-bond acceptors (Lipinski definition) is 4. The van der Waals surface area contributed by atoms with E-state index < -0.39 is 23.9 Å². The van der Waals surface area contributed by atoms with Crippen LogP contribution >= 0.6 is 31.9 Å². The second kappa shape index (κ2) is 7.56. The van der Waals surface area contributed by atoms with Crippen molar-refractivity contribution >= 4 is 49.7 Å². The molecule has 6 nitrogen and oxygen atoms in total. The van der Waals surface area contributed by atoms with Gasteiger partial charge in [-0.25, -0.2) is 4.79 Å². The zero-order valence-electron chi connectivity index (χ0n) is 11.3. The van der Waals surface area contributed by atoms with Crippen LogP contribution in [0.3, 0.4) is 0 Å². The summed E-state index contributed by atoms with van der Waals surface area (Å²) in [6.45, 7) is 2.54. The summed E-state index contributed by atoms with van der Waals surface area (Å²) in [6, 6.07) is 2.08. The van der Waals surface area contributed by atoms with Crippen molar-refractivity contribution in [2.45, 2.75) is 26.3 Å². The Morgan fingerprint density at radius 1 is 1.24 bits per heavy atom. The Morgan fingerprint density at radius 3 is 2.14 bits per heavy atom. The van der Waals surface area contributed by atoms with Crippen LogP contribution < -0.4 is 10.1 Å². The maximum atomic E-state index is 11.2. The van der Waals surface area contributed by atoms with Crippen LogP contribution in [0.1, 0.15) is 19.4 Å². The summed E-state index contributed by atoms with van der Waals surface area (Å²) >= 11 is 6.61. The summed E-state index contributed by atoms with van der Waals surface area (Å²) in [5.41, 5.74) is 0.645. The van der Waals surface area contributed by atoms with E-state index in [-0.39, 0.29) is 6.42 Å². The first-order valence-corrected chi connectivity index (χ1v) is 7.45. The van der Waals surface area contributed by atoms with Gasteiger partial charge in [-0.2, -0.15) is 0 Å². The smallest absolute Gasteiger partial charge is 0.326 e. The van der Waals surface area contributed by atoms with Gasteiger partial charge in [-0.3, -0.25) is 9.59 Å². The highest BCUT2D eigenvalue weighted by Gasteiger charge is 2.22. The predicted molar refractivity (Wildman–Crippen MR) is 82.1 cm³/mol. The zero-order chi connectivity index (χ0) is 16.2. The molecule has 1 aromatic rings. The minimum Gasteiger partial charge on any atom is -0.480 e. The second-order valence-corrected chi connectivity index (χ2v) is 5.96. The number of rotatable bonds is 5. The molecule has 1 atom stereocenters. The van der Waals surface area contributed by atoms with Gasteiger partial charge in [0.15, 0.2) is 0 Å². The lowest BCUT2D eigenvalue weighted by atomic mass is 10.1. The summed E-state index contributed by atoms with van der Waals surface area (Å²) < 4.78 is 6.11. The molecule has 114 valence electrons. The molecule has 1 unspecified atom stereocenters. The molecule has 2 N–H and O–H groups in total. The number of carbonyl (C=O) groups is 3. The van der Waals surface area contributed by atoms with Gasteiger partial charge in [-0.1, -0.05) is 31.9 Å². The minimum atomic E-state index is -1.13. The number of halogens is 2. The first kappa shape index (κ1) is 17.6. The third-order valence-corrected chi connectivity index (χ3v) is 3.88. The van der Waals surface area contributed by atoms with Crippen LogP contribution in [0.4, 0.5) is 0 Å². The number of ether oxygens (including phenoxy) is 1. The van der Waals surface area contributed by atoms with Crippen molar-refractivity contribution in [2.75, 3.05) is 0 Å². The molecular weight excluding hydrogens is 410 g/mol. The first-order chi connectivity index (χ1) is 9.70. The van der Waals surface area contributed by atoms with Crippen LogP contribution in [0.2, 0.25) is 0 Å². The van der Waals surface area contributed by atoms with Crippen molar-refractivity contribution in [3.63, 3.8) is 0 Å². The Balaban J connectivity index is 3.04. The first-order valence-electron chi connectivity index (χ1n) is 5.87. The van der Waals surface area contributed by atoms with E-state index in [9.17, 15) is 14.4 Å². The number of hydrogen-bond donors (Lipinski definition) is 2. The molecule has 0 aliphatic carbocycles. The number of esters is 1. The SMILES string of the molecule is CC(=O)NC(Cc1c(Br)cc(OC(C)=O)cc1Br)C(=O)O. The molecule has 0 saturated carbocycles. The van der Waals surface area contributed by atoms with E-state index in [2.05, 4.69) is 37.2 Å². The number of carboxylic acids is 1. The molecule has 0 heterocycles. The topological polar surface area (TPSA) is 92.7 Å². The lowest BCUT2D eigenvalue weighted by molar-refractivity contribution is -0.141. The van der Waals surface area contributed by atoms with Gasteiger partial charge in [-0.15, -0.1) is 0 Å². The Hall–Kier alpha value is -1.41. The molecule has 0 saturated heterocycles. The standard InChI is InChI=1S/C13H13Br2NO5/c1-6(17)16-12(13(19)20)5-9-10(14)3-8(4-11(9)15)21-7(2)18/h3-4,12H,5H2,1-2H3,(H,16,17)(H,19,20). The zero-order valence-corrected chi connectivity index (χ0v) is 14.4. The largest absolute Gasteiger partial charge is 0.480 e. The number of carboxylic acid groups (broad SMARTS) is 1. The molecule has 1 rings (SSSR count). The van der Waals surface area contributed by atoms with Gasteiger partial charge in [0.05, 0.1) is 0 Å². The van der Waals surface area contributed by atoms with Crippen LogP contribution in [0, 0.1) is 0 Å². The van der Waals surface area contributed by atoms with Gasteiger partial charge < -0.3 is 15.2 Å². The molecule has 1 amide bonds. The van der Waals surface area contributed by atoms with Crippen LogP contribution in [0.25, 0.3) is 0 Å². The summed E-state index contributed by atoms with van der Waals surface area (Å²) in [7, 11) is 0. The molecule has 0 spiro atoms. The normalized spacial score (nSPS) is 11.6. The monoisotopic (exact) mass is 421 g/mol. The van der Waals surface area contributed by atoms with Gasteiger partial charge in [0.1, 0.15) is 11.8 Å². The fourth-order valence-electron chi connectivity index (χ4n) is 1.65. The lowest BCUT2D eigenvalue weighted by Crippen LogP contribution is -2.41. The van der Waals surface area contributed by atoms with Crippen molar-refractivity contribution in [2.24, 2.45) is 0 Å². The molecular formula is C13H13Br2NO5. The molecule has 0 aromatic heterocycles. The number of benzene rings is 1. The minimum absolute atomic E-state index is 0.0798. The van der Waals surface area contributed by atoms with Gasteiger partial charge in [0.2, 0.25) is 5.91 Å². The third kappa shape index (κ3) is 5.47. The third-order valence-electron chi connectivity index (χ3n) is 2.46. The highest BCUT2D eigenvalue weighted by Crippen LogP contribution is 2.32. The number of aliphatic carboxylic acids is 1. The van der Waals surface area contributed by atoms with Gasteiger partial charge in [0.25, 0.3) is 0 Å². The van der Waals surface area contributed by atoms with Crippen LogP contribution in [0.5, 0.6) is 5.75 Å². The highest BCUT2D eigenvalue weighted by atomic mass is 79.9. The summed E-state index contributed by atoms with van der Waals surface area (Å²) in [4.78, 5) is 33.1. The lowest BCUT2D eigenvalue weighted by Gasteiger charge is -2.16. The maximum absolute atomic E-state index is 11.2. The number of nitrogens with one attached hydrogen (secondary N) is 1. The van der Waals surface area contributed by atoms with Crippen molar-refractivity contribution in [3.05, 3.63) is 26.6 Å². The van der Waals surface area contributed by atoms with E-state index in [0.717, 1.165) is 0 Å². The van der Waals surface area contributed by atoms with Gasteiger partial charge in [0, 0.05) is 29.2 Å². The second-order valence-electron chi connectivity index (χ2n) is 4.25. The highest BCUT2D eigenvalue weighted by molar-refractivity contribution is 9.11. The molecule has 8 heteroatoms. The molecule has 0 radical (unpaired) electrons. The summed E-state index contributed by atoms with van der Waals surface area (Å²) in [5.74, 6) is -1.68. The Labute approximate surface area is 138 Å². The van der Waals surface area contributed by atoms with E-state index in [0.29, 0.717) is 20.3 Å². The van der Waals surface area contributed by atoms with Gasteiger partial charge >= 0.3 is 11.9 Å². The number of amides is 1. The fraction of sp³-hybridized carbons (Fsp3) is 0.308. The fourth-order valence-corrected chi connectivity index (χ4v) is 3.12. The molecule has 0 fully saturated rings. The molecule has 0 aliphatic heterocycles. The summed E-state index contributed by atoms with van der Waals surface area (Å²) in [6.07, 6.45) is 0.0798. The van der Waals surface area contributed by atoms with Crippen molar-refractivity contribution in [1.82, 2.24) is 5.32 Å². The van der Waals surface area contributed by atoms with E-state index in [1.54, 1.807) is 12.1 Å². The quantitative estimate of drug-likeness (QED) is 0.560. The van der Waals surface area contributed by atoms with Crippen molar-refractivity contribution in [3.8, 4) is 5.75 Å². The Bertz CT molecular complexity index is 565. The van der Waals surface area contributed by atoms with Crippen LogP contribution in [-0.4, -0.2) is 29.0 Å². The van der Waals surface area contributed by atoms with E-state index in [1.165, 1.54) is 13.8 Å². The van der Waals surface area contributed by atoms with Crippen LogP contribution in [0.15, 0.2) is 21.1 Å². The Kier molecular flexibility index (Phi) is 6.35. The summed E-state index contributed by atoms with van der Waals surface area (Å²) in [5, 5.41) is 11.5. The van der Waals surface area contributed by atoms with Crippen molar-refractivity contribution < 1.29 is 24.2 Å². The molecule has 0 aliphatic rings. The average Bonchev–Trinajstić information content (AvgIpc) is 2.30.